The molecule has 1 aliphatic heterocycles. The van der Waals surface area contributed by atoms with Crippen LogP contribution in [0.1, 0.15) is 49.3 Å². The van der Waals surface area contributed by atoms with E-state index in [0.717, 1.165) is 37.7 Å². The number of aliphatic hydroxyl groups excluding tert-OH is 1. The standard InChI is InChI=1S/C24H25NO4/c1-29-19-14-8-11-17(15-19)22(26)20-21(16-9-4-2-5-10-16)25(24(28)23(20)27)18-12-6-3-7-13-18/h2,4-5,8-11,14-15,18,21,26H,3,6-7,12-13H2,1H3/b22-20-. The van der Waals surface area contributed by atoms with Gasteiger partial charge in [0.05, 0.1) is 18.7 Å². The number of hydrogen-bond acceptors (Lipinski definition) is 4. The Hall–Kier alpha value is -3.08. The molecule has 0 radical (unpaired) electrons. The summed E-state index contributed by atoms with van der Waals surface area (Å²) in [5.41, 5.74) is 1.45. The Morgan fingerprint density at radius 3 is 2.41 bits per heavy atom. The van der Waals surface area contributed by atoms with E-state index in [1.165, 1.54) is 0 Å². The topological polar surface area (TPSA) is 66.8 Å². The van der Waals surface area contributed by atoms with Crippen LogP contribution in [0.25, 0.3) is 5.76 Å². The first-order chi connectivity index (χ1) is 14.1. The third-order valence-corrected chi connectivity index (χ3v) is 5.91. The second-order valence-corrected chi connectivity index (χ2v) is 7.64. The molecule has 0 spiro atoms. The van der Waals surface area contributed by atoms with Crippen molar-refractivity contribution in [3.63, 3.8) is 0 Å². The fourth-order valence-electron chi connectivity index (χ4n) is 4.47. The molecule has 2 aromatic rings. The van der Waals surface area contributed by atoms with Gasteiger partial charge in [0.15, 0.2) is 0 Å². The van der Waals surface area contributed by atoms with Gasteiger partial charge in [0.1, 0.15) is 11.5 Å². The molecule has 1 aliphatic carbocycles. The van der Waals surface area contributed by atoms with Gasteiger partial charge < -0.3 is 14.7 Å². The van der Waals surface area contributed by atoms with Gasteiger partial charge >= 0.3 is 0 Å². The van der Waals surface area contributed by atoms with Gasteiger partial charge in [0, 0.05) is 11.6 Å². The predicted octanol–water partition coefficient (Wildman–Crippen LogP) is 4.45. The Morgan fingerprint density at radius 2 is 1.72 bits per heavy atom. The van der Waals surface area contributed by atoms with Crippen LogP contribution in [0.4, 0.5) is 0 Å². The van der Waals surface area contributed by atoms with Crippen molar-refractivity contribution in [2.24, 2.45) is 0 Å². The lowest BCUT2D eigenvalue weighted by Crippen LogP contribution is -2.40. The summed E-state index contributed by atoms with van der Waals surface area (Å²) < 4.78 is 5.25. The summed E-state index contributed by atoms with van der Waals surface area (Å²) in [6, 6.07) is 15.8. The maximum absolute atomic E-state index is 13.1. The first-order valence-corrected chi connectivity index (χ1v) is 10.1. The predicted molar refractivity (Wildman–Crippen MR) is 110 cm³/mol. The number of carbonyl (C=O) groups is 2. The van der Waals surface area contributed by atoms with E-state index in [-0.39, 0.29) is 17.4 Å². The van der Waals surface area contributed by atoms with E-state index in [4.69, 9.17) is 4.74 Å². The molecule has 1 N–H and O–H groups in total. The number of hydrogen-bond donors (Lipinski definition) is 1. The van der Waals surface area contributed by atoms with Crippen molar-refractivity contribution in [2.45, 2.75) is 44.2 Å². The molecule has 4 rings (SSSR count). The molecule has 1 amide bonds. The molecule has 2 fully saturated rings. The molecule has 2 aromatic carbocycles. The quantitative estimate of drug-likeness (QED) is 0.475. The monoisotopic (exact) mass is 391 g/mol. The smallest absolute Gasteiger partial charge is 0.295 e. The molecule has 150 valence electrons. The second-order valence-electron chi connectivity index (χ2n) is 7.64. The number of methoxy groups -OCH3 is 1. The third-order valence-electron chi connectivity index (χ3n) is 5.91. The van der Waals surface area contributed by atoms with Crippen LogP contribution < -0.4 is 4.74 Å². The first kappa shape index (κ1) is 19.2. The zero-order chi connectivity index (χ0) is 20.4. The zero-order valence-electron chi connectivity index (χ0n) is 16.5. The van der Waals surface area contributed by atoms with Gasteiger partial charge in [0.25, 0.3) is 11.7 Å². The molecule has 1 atom stereocenters. The molecule has 0 bridgehead atoms. The number of aliphatic hydroxyl groups is 1. The fourth-order valence-corrected chi connectivity index (χ4v) is 4.47. The molecule has 0 aromatic heterocycles. The molecular weight excluding hydrogens is 366 g/mol. The minimum Gasteiger partial charge on any atom is -0.507 e. The number of benzene rings is 2. The van der Waals surface area contributed by atoms with E-state index in [1.807, 2.05) is 30.3 Å². The average Bonchev–Trinajstić information content (AvgIpc) is 3.05. The van der Waals surface area contributed by atoms with E-state index < -0.39 is 17.7 Å². The van der Waals surface area contributed by atoms with Gasteiger partial charge in [-0.3, -0.25) is 9.59 Å². The summed E-state index contributed by atoms with van der Waals surface area (Å²) in [5, 5.41) is 11.1. The molecule has 1 heterocycles. The summed E-state index contributed by atoms with van der Waals surface area (Å²) >= 11 is 0. The van der Waals surface area contributed by atoms with Crippen LogP contribution in [0.3, 0.4) is 0 Å². The lowest BCUT2D eigenvalue weighted by atomic mass is 9.91. The fraction of sp³-hybridized carbons (Fsp3) is 0.333. The van der Waals surface area contributed by atoms with Crippen molar-refractivity contribution in [1.29, 1.82) is 0 Å². The third kappa shape index (κ3) is 3.53. The van der Waals surface area contributed by atoms with Crippen molar-refractivity contribution in [2.75, 3.05) is 7.11 Å². The highest BCUT2D eigenvalue weighted by atomic mass is 16.5. The van der Waals surface area contributed by atoms with Gasteiger partial charge in [-0.1, -0.05) is 61.7 Å². The van der Waals surface area contributed by atoms with Crippen molar-refractivity contribution < 1.29 is 19.4 Å². The van der Waals surface area contributed by atoms with E-state index in [0.29, 0.717) is 11.3 Å². The van der Waals surface area contributed by atoms with Crippen LogP contribution in [0.2, 0.25) is 0 Å². The highest BCUT2D eigenvalue weighted by Crippen LogP contribution is 2.43. The maximum Gasteiger partial charge on any atom is 0.295 e. The maximum atomic E-state index is 13.1. The molecular formula is C24H25NO4. The van der Waals surface area contributed by atoms with E-state index in [2.05, 4.69) is 0 Å². The Morgan fingerprint density at radius 1 is 1.00 bits per heavy atom. The SMILES string of the molecule is COc1cccc(/C(O)=C2/C(=O)C(=O)N(C3CCCCC3)C2c2ccccc2)c1. The molecule has 5 nitrogen and oxygen atoms in total. The molecule has 5 heteroatoms. The van der Waals surface area contributed by atoms with Crippen LogP contribution in [-0.2, 0) is 9.59 Å². The number of rotatable bonds is 4. The summed E-state index contributed by atoms with van der Waals surface area (Å²) in [6.45, 7) is 0. The molecule has 29 heavy (non-hydrogen) atoms. The summed E-state index contributed by atoms with van der Waals surface area (Å²) in [7, 11) is 1.55. The van der Waals surface area contributed by atoms with E-state index in [9.17, 15) is 14.7 Å². The van der Waals surface area contributed by atoms with Crippen LogP contribution in [0.15, 0.2) is 60.2 Å². The van der Waals surface area contributed by atoms with Gasteiger partial charge in [-0.15, -0.1) is 0 Å². The van der Waals surface area contributed by atoms with Crippen molar-refractivity contribution in [3.05, 3.63) is 71.3 Å². The Bertz CT molecular complexity index is 944. The van der Waals surface area contributed by atoms with Gasteiger partial charge in [-0.25, -0.2) is 0 Å². The van der Waals surface area contributed by atoms with Crippen LogP contribution in [0, 0.1) is 0 Å². The average molecular weight is 391 g/mol. The van der Waals surface area contributed by atoms with Crippen LogP contribution >= 0.6 is 0 Å². The lowest BCUT2D eigenvalue weighted by Gasteiger charge is -2.35. The molecule has 1 saturated heterocycles. The second kappa shape index (κ2) is 8.11. The van der Waals surface area contributed by atoms with Crippen molar-refractivity contribution in [1.82, 2.24) is 4.90 Å². The van der Waals surface area contributed by atoms with E-state index in [1.54, 1.807) is 36.3 Å². The Labute approximate surface area is 170 Å². The number of ketones is 1. The zero-order valence-corrected chi connectivity index (χ0v) is 16.5. The first-order valence-electron chi connectivity index (χ1n) is 10.1. The van der Waals surface area contributed by atoms with E-state index >= 15 is 0 Å². The number of carbonyl (C=O) groups excluding carboxylic acids is 2. The number of nitrogens with zero attached hydrogens (tertiary/aromatic N) is 1. The number of amides is 1. The highest BCUT2D eigenvalue weighted by Gasteiger charge is 2.48. The molecule has 1 saturated carbocycles. The number of Topliss-reactive ketones (excluding diaryl/α,β-unsaturated/α-hetero) is 1. The summed E-state index contributed by atoms with van der Waals surface area (Å²) in [6.07, 6.45) is 5.02. The summed E-state index contributed by atoms with van der Waals surface area (Å²) in [4.78, 5) is 27.8. The number of likely N-dealkylation sites (tertiary alicyclic amines) is 1. The summed E-state index contributed by atoms with van der Waals surface area (Å²) in [5.74, 6) is -0.721. The highest BCUT2D eigenvalue weighted by molar-refractivity contribution is 6.46. The molecule has 1 unspecified atom stereocenters. The lowest BCUT2D eigenvalue weighted by molar-refractivity contribution is -0.141. The molecule has 2 aliphatic rings. The normalized spacial score (nSPS) is 22.1. The largest absolute Gasteiger partial charge is 0.507 e. The Kier molecular flexibility index (Phi) is 5.38. The minimum absolute atomic E-state index is 0.0148. The minimum atomic E-state index is -0.621. The number of ether oxygens (including phenoxy) is 1. The van der Waals surface area contributed by atoms with Gasteiger partial charge in [-0.2, -0.15) is 0 Å². The van der Waals surface area contributed by atoms with Gasteiger partial charge in [0.2, 0.25) is 0 Å². The van der Waals surface area contributed by atoms with Crippen LogP contribution in [-0.4, -0.2) is 34.8 Å². The van der Waals surface area contributed by atoms with Gasteiger partial charge in [-0.05, 0) is 30.5 Å². The van der Waals surface area contributed by atoms with Crippen molar-refractivity contribution >= 4 is 17.4 Å². The Balaban J connectivity index is 1.86. The van der Waals surface area contributed by atoms with Crippen LogP contribution in [0.5, 0.6) is 5.75 Å². The van der Waals surface area contributed by atoms with Crippen molar-refractivity contribution in [3.8, 4) is 5.75 Å².